The van der Waals surface area contributed by atoms with Crippen molar-refractivity contribution in [2.75, 3.05) is 13.1 Å². The number of carboxylic acid groups (broad SMARTS) is 1. The van der Waals surface area contributed by atoms with Crippen molar-refractivity contribution in [1.82, 2.24) is 4.90 Å². The van der Waals surface area contributed by atoms with Crippen LogP contribution in [0.5, 0.6) is 0 Å². The summed E-state index contributed by atoms with van der Waals surface area (Å²) in [5.41, 5.74) is 5.58. The van der Waals surface area contributed by atoms with E-state index >= 15 is 0 Å². The Morgan fingerprint density at radius 1 is 1.60 bits per heavy atom. The van der Waals surface area contributed by atoms with E-state index in [-0.39, 0.29) is 0 Å². The molecule has 15 heavy (non-hydrogen) atoms. The third-order valence-corrected chi connectivity index (χ3v) is 3.10. The molecule has 0 aromatic rings. The number of nitrogens with two attached hydrogens (primary N) is 1. The Balaban J connectivity index is 2.45. The summed E-state index contributed by atoms with van der Waals surface area (Å²) in [6.45, 7) is 4.32. The molecule has 1 fully saturated rings. The summed E-state index contributed by atoms with van der Waals surface area (Å²) in [7, 11) is 0. The lowest BCUT2D eigenvalue weighted by atomic mass is 9.96. The molecule has 4 nitrogen and oxygen atoms in total. The van der Waals surface area contributed by atoms with Crippen LogP contribution in [-0.2, 0) is 4.79 Å². The van der Waals surface area contributed by atoms with Crippen molar-refractivity contribution in [2.24, 2.45) is 5.73 Å². The van der Waals surface area contributed by atoms with Crippen molar-refractivity contribution >= 4 is 5.97 Å². The summed E-state index contributed by atoms with van der Waals surface area (Å²) < 4.78 is 0. The minimum Gasteiger partial charge on any atom is -0.480 e. The molecule has 0 amide bonds. The molecule has 3 N–H and O–H groups in total. The molecule has 88 valence electrons. The molecule has 1 aliphatic rings. The van der Waals surface area contributed by atoms with Crippen LogP contribution in [0.1, 0.15) is 39.0 Å². The van der Waals surface area contributed by atoms with Gasteiger partial charge in [0.15, 0.2) is 0 Å². The van der Waals surface area contributed by atoms with E-state index in [1.54, 1.807) is 0 Å². The minimum absolute atomic E-state index is 0.379. The van der Waals surface area contributed by atoms with Crippen LogP contribution in [-0.4, -0.2) is 41.1 Å². The molecule has 0 radical (unpaired) electrons. The number of rotatable bonds is 5. The van der Waals surface area contributed by atoms with Crippen LogP contribution in [0.15, 0.2) is 0 Å². The second-order valence-corrected chi connectivity index (χ2v) is 4.37. The first-order valence-corrected chi connectivity index (χ1v) is 5.87. The van der Waals surface area contributed by atoms with Gasteiger partial charge >= 0.3 is 5.97 Å². The first kappa shape index (κ1) is 12.5. The van der Waals surface area contributed by atoms with Gasteiger partial charge in [0.1, 0.15) is 6.04 Å². The standard InChI is InChI=1S/C11H22N2O2/c1-2-6-13-7-4-3-5-9(13)8-10(12)11(14)15/h9-10H,2-8,12H2,1H3,(H,14,15). The average molecular weight is 214 g/mol. The Labute approximate surface area is 91.4 Å². The van der Waals surface area contributed by atoms with Gasteiger partial charge in [-0.2, -0.15) is 0 Å². The van der Waals surface area contributed by atoms with Crippen molar-refractivity contribution in [3.8, 4) is 0 Å². The van der Waals surface area contributed by atoms with E-state index in [0.29, 0.717) is 12.5 Å². The fourth-order valence-electron chi connectivity index (χ4n) is 2.30. The minimum atomic E-state index is -0.878. The van der Waals surface area contributed by atoms with Crippen molar-refractivity contribution < 1.29 is 9.90 Å². The number of carbonyl (C=O) groups is 1. The van der Waals surface area contributed by atoms with Gasteiger partial charge < -0.3 is 15.7 Å². The van der Waals surface area contributed by atoms with E-state index in [9.17, 15) is 4.79 Å². The highest BCUT2D eigenvalue weighted by Crippen LogP contribution is 2.20. The molecule has 4 heteroatoms. The molecule has 1 rings (SSSR count). The maximum Gasteiger partial charge on any atom is 0.320 e. The monoisotopic (exact) mass is 214 g/mol. The smallest absolute Gasteiger partial charge is 0.320 e. The van der Waals surface area contributed by atoms with Crippen molar-refractivity contribution in [2.45, 2.75) is 51.1 Å². The van der Waals surface area contributed by atoms with Crippen molar-refractivity contribution in [3.63, 3.8) is 0 Å². The van der Waals surface area contributed by atoms with E-state index in [1.807, 2.05) is 0 Å². The average Bonchev–Trinajstić information content (AvgIpc) is 2.21. The number of nitrogens with zero attached hydrogens (tertiary/aromatic N) is 1. The van der Waals surface area contributed by atoms with Gasteiger partial charge in [-0.3, -0.25) is 4.79 Å². The molecule has 1 aliphatic heterocycles. The maximum atomic E-state index is 10.7. The molecular weight excluding hydrogens is 192 g/mol. The molecular formula is C11H22N2O2. The zero-order valence-corrected chi connectivity index (χ0v) is 9.48. The van der Waals surface area contributed by atoms with Gasteiger partial charge in [-0.1, -0.05) is 13.3 Å². The lowest BCUT2D eigenvalue weighted by molar-refractivity contribution is -0.139. The van der Waals surface area contributed by atoms with Crippen LogP contribution in [0.25, 0.3) is 0 Å². The zero-order valence-electron chi connectivity index (χ0n) is 9.48. The Bertz CT molecular complexity index is 207. The summed E-state index contributed by atoms with van der Waals surface area (Å²) in [6.07, 6.45) is 5.26. The molecule has 0 aliphatic carbocycles. The van der Waals surface area contributed by atoms with Crippen molar-refractivity contribution in [3.05, 3.63) is 0 Å². The molecule has 1 heterocycles. The molecule has 0 saturated carbocycles. The number of hydrogen-bond acceptors (Lipinski definition) is 3. The van der Waals surface area contributed by atoms with E-state index < -0.39 is 12.0 Å². The summed E-state index contributed by atoms with van der Waals surface area (Å²) in [6, 6.07) is -0.322. The second kappa shape index (κ2) is 6.08. The Morgan fingerprint density at radius 2 is 2.33 bits per heavy atom. The van der Waals surface area contributed by atoms with E-state index in [1.165, 1.54) is 12.8 Å². The quantitative estimate of drug-likeness (QED) is 0.718. The van der Waals surface area contributed by atoms with Gasteiger partial charge in [0, 0.05) is 6.04 Å². The Hall–Kier alpha value is -0.610. The van der Waals surface area contributed by atoms with Gasteiger partial charge in [-0.05, 0) is 38.8 Å². The first-order valence-electron chi connectivity index (χ1n) is 5.87. The molecule has 0 aromatic heterocycles. The molecule has 2 atom stereocenters. The highest BCUT2D eigenvalue weighted by atomic mass is 16.4. The van der Waals surface area contributed by atoms with E-state index in [2.05, 4.69) is 11.8 Å². The van der Waals surface area contributed by atoms with Crippen LogP contribution in [0.4, 0.5) is 0 Å². The summed E-state index contributed by atoms with van der Waals surface area (Å²) >= 11 is 0. The fourth-order valence-corrected chi connectivity index (χ4v) is 2.30. The van der Waals surface area contributed by atoms with Crippen LogP contribution in [0, 0.1) is 0 Å². The lowest BCUT2D eigenvalue weighted by Crippen LogP contribution is -2.45. The fraction of sp³-hybridized carbons (Fsp3) is 0.909. The molecule has 0 spiro atoms. The summed E-state index contributed by atoms with van der Waals surface area (Å²) in [4.78, 5) is 13.1. The third-order valence-electron chi connectivity index (χ3n) is 3.10. The molecule has 1 saturated heterocycles. The van der Waals surface area contributed by atoms with Gasteiger partial charge in [0.2, 0.25) is 0 Å². The predicted octanol–water partition coefficient (Wildman–Crippen LogP) is 1.05. The highest BCUT2D eigenvalue weighted by molar-refractivity contribution is 5.73. The maximum absolute atomic E-state index is 10.7. The first-order chi connectivity index (χ1) is 7.15. The van der Waals surface area contributed by atoms with Crippen molar-refractivity contribution in [1.29, 1.82) is 0 Å². The number of likely N-dealkylation sites (tertiary alicyclic amines) is 1. The van der Waals surface area contributed by atoms with Gasteiger partial charge in [0.25, 0.3) is 0 Å². The third kappa shape index (κ3) is 3.80. The largest absolute Gasteiger partial charge is 0.480 e. The van der Waals surface area contributed by atoms with Gasteiger partial charge in [-0.25, -0.2) is 0 Å². The zero-order chi connectivity index (χ0) is 11.3. The molecule has 0 bridgehead atoms. The number of piperidine rings is 1. The lowest BCUT2D eigenvalue weighted by Gasteiger charge is -2.36. The SMILES string of the molecule is CCCN1CCCCC1CC(N)C(=O)O. The van der Waals surface area contributed by atoms with Crippen LogP contribution >= 0.6 is 0 Å². The van der Waals surface area contributed by atoms with Crippen LogP contribution in [0.3, 0.4) is 0 Å². The van der Waals surface area contributed by atoms with E-state index in [0.717, 1.165) is 25.9 Å². The van der Waals surface area contributed by atoms with E-state index in [4.69, 9.17) is 10.8 Å². The number of aliphatic carboxylic acids is 1. The normalized spacial score (nSPS) is 25.1. The van der Waals surface area contributed by atoms with Crippen LogP contribution < -0.4 is 5.73 Å². The topological polar surface area (TPSA) is 66.6 Å². The van der Waals surface area contributed by atoms with Gasteiger partial charge in [-0.15, -0.1) is 0 Å². The highest BCUT2D eigenvalue weighted by Gasteiger charge is 2.25. The Morgan fingerprint density at radius 3 is 2.93 bits per heavy atom. The second-order valence-electron chi connectivity index (χ2n) is 4.37. The number of hydrogen-bond donors (Lipinski definition) is 2. The molecule has 2 unspecified atom stereocenters. The summed E-state index contributed by atoms with van der Waals surface area (Å²) in [5, 5.41) is 8.79. The predicted molar refractivity (Wildman–Crippen MR) is 59.7 cm³/mol. The molecule has 0 aromatic carbocycles. The Kier molecular flexibility index (Phi) is 5.05. The van der Waals surface area contributed by atoms with Gasteiger partial charge in [0.05, 0.1) is 0 Å². The van der Waals surface area contributed by atoms with Crippen LogP contribution in [0.2, 0.25) is 0 Å². The summed E-state index contributed by atoms with van der Waals surface area (Å²) in [5.74, 6) is -0.878. The number of carboxylic acids is 1.